The molecule has 0 saturated carbocycles. The summed E-state index contributed by atoms with van der Waals surface area (Å²) in [7, 11) is 0. The average Bonchev–Trinajstić information content (AvgIpc) is 2.54. The van der Waals surface area contributed by atoms with E-state index in [4.69, 9.17) is 4.74 Å². The highest BCUT2D eigenvalue weighted by Gasteiger charge is 2.44. The maximum atomic E-state index is 12.0. The molecule has 1 fully saturated rings. The summed E-state index contributed by atoms with van der Waals surface area (Å²) in [5.74, 6) is 2.37. The van der Waals surface area contributed by atoms with Crippen molar-refractivity contribution in [3.8, 4) is 0 Å². The fourth-order valence-corrected chi connectivity index (χ4v) is 4.89. The van der Waals surface area contributed by atoms with E-state index in [2.05, 4.69) is 0 Å². The molecule has 2 rings (SSSR count). The highest BCUT2D eigenvalue weighted by Crippen LogP contribution is 2.37. The average molecular weight is 302 g/mol. The molecule has 0 amide bonds. The predicted octanol–water partition coefficient (Wildman–Crippen LogP) is 2.33. The van der Waals surface area contributed by atoms with Crippen LogP contribution in [0.2, 0.25) is 0 Å². The molecule has 0 aliphatic carbocycles. The second-order valence-corrected chi connectivity index (χ2v) is 7.06. The molecule has 6 heteroatoms. The molecule has 1 saturated heterocycles. The third-order valence-corrected chi connectivity index (χ3v) is 5.85. The van der Waals surface area contributed by atoms with Gasteiger partial charge in [0.1, 0.15) is 16.9 Å². The zero-order valence-corrected chi connectivity index (χ0v) is 12.6. The summed E-state index contributed by atoms with van der Waals surface area (Å²) in [6, 6.07) is 0. The molecular formula is C13H18O4S2. The number of ketones is 1. The Labute approximate surface area is 121 Å². The molecule has 1 N–H and O–H groups in total. The van der Waals surface area contributed by atoms with Crippen molar-refractivity contribution in [3.05, 3.63) is 11.3 Å². The summed E-state index contributed by atoms with van der Waals surface area (Å²) < 4.78 is 5.53. The first-order chi connectivity index (χ1) is 9.08. The molecule has 2 aliphatic rings. The summed E-state index contributed by atoms with van der Waals surface area (Å²) in [6.07, 6.45) is 1.19. The Kier molecular flexibility index (Phi) is 4.84. The van der Waals surface area contributed by atoms with Gasteiger partial charge in [-0.05, 0) is 6.42 Å². The van der Waals surface area contributed by atoms with E-state index in [0.29, 0.717) is 17.9 Å². The van der Waals surface area contributed by atoms with Crippen LogP contribution in [0.1, 0.15) is 26.2 Å². The number of aliphatic hydroxyl groups is 1. The molecule has 19 heavy (non-hydrogen) atoms. The number of carbonyl (C=O) groups excluding carboxylic acids is 2. The van der Waals surface area contributed by atoms with Crippen molar-refractivity contribution in [2.24, 2.45) is 0 Å². The molecule has 2 aliphatic heterocycles. The lowest BCUT2D eigenvalue weighted by molar-refractivity contribution is -0.154. The van der Waals surface area contributed by atoms with Crippen molar-refractivity contribution in [2.45, 2.75) is 31.8 Å². The number of Topliss-reactive ketones (excluding diaryl/α,β-unsaturated/α-hetero) is 1. The highest BCUT2D eigenvalue weighted by molar-refractivity contribution is 8.03. The number of carbonyl (C=O) groups is 2. The van der Waals surface area contributed by atoms with Crippen LogP contribution in [0, 0.1) is 0 Å². The van der Waals surface area contributed by atoms with E-state index in [9.17, 15) is 14.7 Å². The molecule has 0 bridgehead atoms. The van der Waals surface area contributed by atoms with Crippen LogP contribution < -0.4 is 0 Å². The predicted molar refractivity (Wildman–Crippen MR) is 77.7 cm³/mol. The minimum absolute atomic E-state index is 0.0854. The molecule has 0 unspecified atom stereocenters. The Hall–Kier alpha value is -0.620. The summed E-state index contributed by atoms with van der Waals surface area (Å²) >= 11 is 3.46. The van der Waals surface area contributed by atoms with E-state index in [1.807, 2.05) is 6.92 Å². The van der Waals surface area contributed by atoms with Crippen molar-refractivity contribution in [1.29, 1.82) is 0 Å². The third kappa shape index (κ3) is 3.28. The lowest BCUT2D eigenvalue weighted by Crippen LogP contribution is -2.45. The maximum Gasteiger partial charge on any atom is 0.345 e. The molecule has 0 aromatic rings. The topological polar surface area (TPSA) is 63.6 Å². The smallest absolute Gasteiger partial charge is 0.345 e. The zero-order chi connectivity index (χ0) is 13.9. The van der Waals surface area contributed by atoms with Crippen molar-refractivity contribution in [2.75, 3.05) is 23.0 Å². The van der Waals surface area contributed by atoms with Crippen LogP contribution in [0.5, 0.6) is 0 Å². The van der Waals surface area contributed by atoms with Gasteiger partial charge in [-0.25, -0.2) is 4.79 Å². The minimum Gasteiger partial charge on any atom is -0.511 e. The van der Waals surface area contributed by atoms with E-state index in [-0.39, 0.29) is 30.0 Å². The number of aliphatic hydroxyl groups excluding tert-OH is 1. The lowest BCUT2D eigenvalue weighted by atomic mass is 9.94. The number of esters is 1. The van der Waals surface area contributed by atoms with Gasteiger partial charge in [-0.1, -0.05) is 6.92 Å². The summed E-state index contributed by atoms with van der Waals surface area (Å²) in [4.78, 5) is 23.9. The van der Waals surface area contributed by atoms with Crippen LogP contribution in [-0.2, 0) is 14.3 Å². The van der Waals surface area contributed by atoms with Crippen molar-refractivity contribution in [3.63, 3.8) is 0 Å². The fraction of sp³-hybridized carbons (Fsp3) is 0.692. The van der Waals surface area contributed by atoms with E-state index in [1.54, 1.807) is 23.5 Å². The van der Waals surface area contributed by atoms with Crippen molar-refractivity contribution in [1.82, 2.24) is 0 Å². The van der Waals surface area contributed by atoms with Gasteiger partial charge < -0.3 is 9.84 Å². The number of ether oxygens (including phenoxy) is 1. The molecule has 0 atom stereocenters. The van der Waals surface area contributed by atoms with E-state index < -0.39 is 11.6 Å². The molecule has 0 aromatic carbocycles. The largest absolute Gasteiger partial charge is 0.511 e. The maximum absolute atomic E-state index is 12.0. The highest BCUT2D eigenvalue weighted by atomic mass is 32.2. The van der Waals surface area contributed by atoms with Crippen molar-refractivity contribution >= 4 is 35.3 Å². The van der Waals surface area contributed by atoms with E-state index >= 15 is 0 Å². The van der Waals surface area contributed by atoms with Gasteiger partial charge in [0.25, 0.3) is 0 Å². The number of rotatable bonds is 3. The van der Waals surface area contributed by atoms with Gasteiger partial charge >= 0.3 is 5.97 Å². The first-order valence-electron chi connectivity index (χ1n) is 6.42. The Morgan fingerprint density at radius 3 is 2.53 bits per heavy atom. The van der Waals surface area contributed by atoms with Crippen LogP contribution in [0.4, 0.5) is 0 Å². The Morgan fingerprint density at radius 1 is 1.37 bits per heavy atom. The van der Waals surface area contributed by atoms with Gasteiger partial charge in [0, 0.05) is 35.9 Å². The van der Waals surface area contributed by atoms with Crippen LogP contribution in [0.3, 0.4) is 0 Å². The fourth-order valence-electron chi connectivity index (χ4n) is 2.26. The SMILES string of the molecule is CCCC(=O)C1=C(O)CC2(CSCCSC2)OC1=O. The second-order valence-electron chi connectivity index (χ2n) is 4.85. The Morgan fingerprint density at radius 2 is 2.00 bits per heavy atom. The number of hydrogen-bond donors (Lipinski definition) is 1. The molecule has 1 spiro atoms. The van der Waals surface area contributed by atoms with Gasteiger partial charge in [0.15, 0.2) is 5.78 Å². The van der Waals surface area contributed by atoms with Gasteiger partial charge in [-0.15, -0.1) is 0 Å². The third-order valence-electron chi connectivity index (χ3n) is 3.15. The Balaban J connectivity index is 2.21. The summed E-state index contributed by atoms with van der Waals surface area (Å²) in [6.45, 7) is 1.86. The van der Waals surface area contributed by atoms with Crippen molar-refractivity contribution < 1.29 is 19.4 Å². The zero-order valence-electron chi connectivity index (χ0n) is 10.9. The van der Waals surface area contributed by atoms with E-state index in [1.165, 1.54) is 0 Å². The normalized spacial score (nSPS) is 23.1. The van der Waals surface area contributed by atoms with Crippen LogP contribution in [0.25, 0.3) is 0 Å². The number of thioether (sulfide) groups is 2. The molecular weight excluding hydrogens is 284 g/mol. The first-order valence-corrected chi connectivity index (χ1v) is 8.73. The molecule has 106 valence electrons. The van der Waals surface area contributed by atoms with Gasteiger partial charge in [0.05, 0.1) is 0 Å². The summed E-state index contributed by atoms with van der Waals surface area (Å²) in [5.41, 5.74) is -0.769. The van der Waals surface area contributed by atoms with Crippen LogP contribution >= 0.6 is 23.5 Å². The Bertz CT molecular complexity index is 409. The van der Waals surface area contributed by atoms with Crippen LogP contribution in [0.15, 0.2) is 11.3 Å². The second kappa shape index (κ2) is 6.22. The molecule has 2 heterocycles. The van der Waals surface area contributed by atoms with Crippen LogP contribution in [-0.4, -0.2) is 45.5 Å². The molecule has 0 aromatic heterocycles. The van der Waals surface area contributed by atoms with E-state index in [0.717, 1.165) is 11.5 Å². The number of hydrogen-bond acceptors (Lipinski definition) is 6. The van der Waals surface area contributed by atoms with Gasteiger partial charge in [0.2, 0.25) is 0 Å². The molecule has 4 nitrogen and oxygen atoms in total. The molecule has 0 radical (unpaired) electrons. The summed E-state index contributed by atoms with van der Waals surface area (Å²) in [5, 5.41) is 10.1. The standard InChI is InChI=1S/C13H18O4S2/c1-2-3-9(14)11-10(15)6-13(17-12(11)16)7-18-4-5-19-8-13/h15H,2-8H2,1H3. The monoisotopic (exact) mass is 302 g/mol. The lowest BCUT2D eigenvalue weighted by Gasteiger charge is -2.35. The minimum atomic E-state index is -0.648. The van der Waals surface area contributed by atoms with Gasteiger partial charge in [-0.3, -0.25) is 4.79 Å². The quantitative estimate of drug-likeness (QED) is 0.638. The first kappa shape index (κ1) is 14.8. The van der Waals surface area contributed by atoms with Gasteiger partial charge in [-0.2, -0.15) is 23.5 Å².